The summed E-state index contributed by atoms with van der Waals surface area (Å²) in [6.07, 6.45) is 4.80. The van der Waals surface area contributed by atoms with Crippen LogP contribution in [0.4, 0.5) is 0 Å². The molecule has 0 amide bonds. The molecule has 1 aliphatic carbocycles. The lowest BCUT2D eigenvalue weighted by Gasteiger charge is -2.22. The van der Waals surface area contributed by atoms with E-state index in [1.54, 1.807) is 0 Å². The maximum Gasteiger partial charge on any atom is 0.169 e. The van der Waals surface area contributed by atoms with E-state index in [4.69, 9.17) is 4.74 Å². The summed E-state index contributed by atoms with van der Waals surface area (Å²) < 4.78 is 5.72. The van der Waals surface area contributed by atoms with E-state index in [1.165, 1.54) is 12.8 Å². The smallest absolute Gasteiger partial charge is 0.169 e. The van der Waals surface area contributed by atoms with Gasteiger partial charge in [-0.3, -0.25) is 4.79 Å². The van der Waals surface area contributed by atoms with Crippen molar-refractivity contribution in [3.8, 4) is 0 Å². The topological polar surface area (TPSA) is 26.3 Å². The summed E-state index contributed by atoms with van der Waals surface area (Å²) in [6.45, 7) is 3.79. The lowest BCUT2D eigenvalue weighted by Crippen LogP contribution is -2.30. The van der Waals surface area contributed by atoms with Crippen molar-refractivity contribution in [3.63, 3.8) is 0 Å². The molecule has 0 aromatic rings. The van der Waals surface area contributed by atoms with Crippen molar-refractivity contribution in [3.05, 3.63) is 0 Å². The number of carbonyl (C=O) groups excluding carboxylic acids is 1. The van der Waals surface area contributed by atoms with E-state index in [-0.39, 0.29) is 12.0 Å². The second-order valence-corrected chi connectivity index (χ2v) is 4.42. The van der Waals surface area contributed by atoms with Crippen LogP contribution in [0.5, 0.6) is 0 Å². The summed E-state index contributed by atoms with van der Waals surface area (Å²) in [5, 5.41) is 0. The first-order valence-electron chi connectivity index (χ1n) is 4.83. The van der Waals surface area contributed by atoms with Crippen LogP contribution in [0.25, 0.3) is 0 Å². The fourth-order valence-corrected chi connectivity index (χ4v) is 2.42. The second-order valence-electron chi connectivity index (χ2n) is 4.42. The Morgan fingerprint density at radius 1 is 1.33 bits per heavy atom. The fourth-order valence-electron chi connectivity index (χ4n) is 2.42. The number of ketones is 1. The third-order valence-electron chi connectivity index (χ3n) is 3.08. The number of rotatable bonds is 0. The molecule has 0 radical (unpaired) electrons. The van der Waals surface area contributed by atoms with Gasteiger partial charge in [-0.1, -0.05) is 12.8 Å². The minimum absolute atomic E-state index is 0.216. The Labute approximate surface area is 73.3 Å². The Hall–Kier alpha value is -0.370. The Kier molecular flexibility index (Phi) is 1.76. The van der Waals surface area contributed by atoms with Gasteiger partial charge in [0.05, 0.1) is 6.10 Å². The van der Waals surface area contributed by atoms with Crippen molar-refractivity contribution in [1.82, 2.24) is 0 Å². The van der Waals surface area contributed by atoms with Gasteiger partial charge in [-0.15, -0.1) is 0 Å². The average Bonchev–Trinajstić information content (AvgIpc) is 2.24. The molecule has 68 valence electrons. The summed E-state index contributed by atoms with van der Waals surface area (Å²) >= 11 is 0. The van der Waals surface area contributed by atoms with E-state index in [2.05, 4.69) is 0 Å². The first-order valence-corrected chi connectivity index (χ1v) is 4.83. The highest BCUT2D eigenvalue weighted by Crippen LogP contribution is 2.39. The van der Waals surface area contributed by atoms with Crippen LogP contribution in [-0.2, 0) is 9.53 Å². The Morgan fingerprint density at radius 2 is 2.00 bits per heavy atom. The van der Waals surface area contributed by atoms with Gasteiger partial charge in [-0.25, -0.2) is 0 Å². The molecule has 1 saturated heterocycles. The number of ether oxygens (including phenoxy) is 1. The van der Waals surface area contributed by atoms with Crippen LogP contribution in [-0.4, -0.2) is 17.5 Å². The molecule has 12 heavy (non-hydrogen) atoms. The molecule has 1 saturated carbocycles. The van der Waals surface area contributed by atoms with Gasteiger partial charge in [0.2, 0.25) is 0 Å². The zero-order valence-corrected chi connectivity index (χ0v) is 7.80. The molecule has 2 rings (SSSR count). The fraction of sp³-hybridized carbons (Fsp3) is 0.900. The van der Waals surface area contributed by atoms with E-state index in [1.807, 2.05) is 13.8 Å². The predicted molar refractivity (Wildman–Crippen MR) is 45.9 cm³/mol. The predicted octanol–water partition coefficient (Wildman–Crippen LogP) is 1.92. The van der Waals surface area contributed by atoms with E-state index in [0.717, 1.165) is 12.8 Å². The lowest BCUT2D eigenvalue weighted by molar-refractivity contribution is -0.130. The van der Waals surface area contributed by atoms with Gasteiger partial charge < -0.3 is 4.74 Å². The van der Waals surface area contributed by atoms with E-state index in [0.29, 0.717) is 5.78 Å². The van der Waals surface area contributed by atoms with Crippen molar-refractivity contribution >= 4 is 5.78 Å². The van der Waals surface area contributed by atoms with Crippen molar-refractivity contribution in [2.24, 2.45) is 5.92 Å². The third kappa shape index (κ3) is 1.09. The van der Waals surface area contributed by atoms with Crippen LogP contribution in [0.2, 0.25) is 0 Å². The number of hydrogen-bond donors (Lipinski definition) is 0. The number of Topliss-reactive ketones (excluding diaryl/α,β-unsaturated/α-hetero) is 1. The van der Waals surface area contributed by atoms with Crippen LogP contribution in [0.15, 0.2) is 0 Å². The molecule has 2 nitrogen and oxygen atoms in total. The maximum atomic E-state index is 11.7. The van der Waals surface area contributed by atoms with Gasteiger partial charge in [0, 0.05) is 5.92 Å². The first-order chi connectivity index (χ1) is 5.61. The number of fused-ring (bicyclic) bond motifs is 1. The summed E-state index contributed by atoms with van der Waals surface area (Å²) in [5.41, 5.74) is -0.500. The highest BCUT2D eigenvalue weighted by molar-refractivity contribution is 5.91. The summed E-state index contributed by atoms with van der Waals surface area (Å²) in [6, 6.07) is 0. The largest absolute Gasteiger partial charge is 0.364 e. The minimum atomic E-state index is -0.500. The monoisotopic (exact) mass is 168 g/mol. The van der Waals surface area contributed by atoms with Crippen LogP contribution in [0.1, 0.15) is 39.5 Å². The standard InChI is InChI=1S/C10H16O2/c1-10(2)9(11)7-5-3-4-6-8(7)12-10/h7-8H,3-6H2,1-2H3. The molecule has 2 heteroatoms. The molecule has 2 fully saturated rings. The van der Waals surface area contributed by atoms with Gasteiger partial charge in [0.1, 0.15) is 5.60 Å². The molecule has 0 N–H and O–H groups in total. The van der Waals surface area contributed by atoms with Crippen LogP contribution in [0, 0.1) is 5.92 Å². The zero-order valence-electron chi connectivity index (χ0n) is 7.80. The Bertz CT molecular complexity index is 208. The minimum Gasteiger partial charge on any atom is -0.364 e. The zero-order chi connectivity index (χ0) is 8.77. The van der Waals surface area contributed by atoms with Crippen molar-refractivity contribution in [2.75, 3.05) is 0 Å². The summed E-state index contributed by atoms with van der Waals surface area (Å²) in [5.74, 6) is 0.543. The van der Waals surface area contributed by atoms with Gasteiger partial charge >= 0.3 is 0 Å². The van der Waals surface area contributed by atoms with Crippen molar-refractivity contribution in [2.45, 2.75) is 51.2 Å². The molecule has 2 atom stereocenters. The third-order valence-corrected chi connectivity index (χ3v) is 3.08. The van der Waals surface area contributed by atoms with E-state index in [9.17, 15) is 4.79 Å². The molecular formula is C10H16O2. The summed E-state index contributed by atoms with van der Waals surface area (Å²) in [7, 11) is 0. The molecule has 2 unspecified atom stereocenters. The van der Waals surface area contributed by atoms with Crippen LogP contribution >= 0.6 is 0 Å². The van der Waals surface area contributed by atoms with Gasteiger partial charge in [0.15, 0.2) is 5.78 Å². The van der Waals surface area contributed by atoms with Gasteiger partial charge in [-0.05, 0) is 26.7 Å². The molecule has 1 heterocycles. The first kappa shape index (κ1) is 8.24. The second kappa shape index (κ2) is 2.56. The molecule has 1 aliphatic heterocycles. The quantitative estimate of drug-likeness (QED) is 0.552. The Balaban J connectivity index is 2.19. The average molecular weight is 168 g/mol. The van der Waals surface area contributed by atoms with Crippen molar-refractivity contribution in [1.29, 1.82) is 0 Å². The van der Waals surface area contributed by atoms with Crippen LogP contribution < -0.4 is 0 Å². The van der Waals surface area contributed by atoms with Gasteiger partial charge in [-0.2, -0.15) is 0 Å². The number of carbonyl (C=O) groups is 1. The maximum absolute atomic E-state index is 11.7. The van der Waals surface area contributed by atoms with Crippen molar-refractivity contribution < 1.29 is 9.53 Å². The Morgan fingerprint density at radius 3 is 2.67 bits per heavy atom. The SMILES string of the molecule is CC1(C)OC2CCCCC2C1=O. The molecule has 0 aromatic heterocycles. The van der Waals surface area contributed by atoms with Gasteiger partial charge in [0.25, 0.3) is 0 Å². The van der Waals surface area contributed by atoms with Crippen LogP contribution in [0.3, 0.4) is 0 Å². The lowest BCUT2D eigenvalue weighted by atomic mass is 9.82. The normalized spacial score (nSPS) is 39.7. The molecule has 0 bridgehead atoms. The molecule has 2 aliphatic rings. The highest BCUT2D eigenvalue weighted by atomic mass is 16.5. The number of hydrogen-bond acceptors (Lipinski definition) is 2. The van der Waals surface area contributed by atoms with E-state index >= 15 is 0 Å². The molecular weight excluding hydrogens is 152 g/mol. The molecule has 0 spiro atoms. The summed E-state index contributed by atoms with van der Waals surface area (Å²) in [4.78, 5) is 11.7. The molecule has 0 aromatic carbocycles. The highest BCUT2D eigenvalue weighted by Gasteiger charge is 2.48. The van der Waals surface area contributed by atoms with E-state index < -0.39 is 5.60 Å².